The Morgan fingerprint density at radius 1 is 1.14 bits per heavy atom. The number of furan rings is 1. The maximum absolute atomic E-state index is 12.4. The van der Waals surface area contributed by atoms with Gasteiger partial charge in [0, 0.05) is 11.3 Å². The maximum Gasteiger partial charge on any atom is 0.250 e. The Morgan fingerprint density at radius 2 is 1.91 bits per heavy atom. The molecule has 8 nitrogen and oxygen atoms in total. The fourth-order valence-electron chi connectivity index (χ4n) is 3.22. The van der Waals surface area contributed by atoms with Crippen LogP contribution in [0.4, 0.5) is 0 Å². The minimum atomic E-state index is -0.249. The molecule has 0 atom stereocenters. The molecule has 1 amide bonds. The first kappa shape index (κ1) is 24.0. The predicted molar refractivity (Wildman–Crippen MR) is 138 cm³/mol. The van der Waals surface area contributed by atoms with Gasteiger partial charge in [-0.15, -0.1) is 10.2 Å². The lowest BCUT2D eigenvalue weighted by Crippen LogP contribution is -2.20. The Kier molecular flexibility index (Phi) is 7.79. The molecule has 0 fully saturated rings. The molecule has 9 heteroatoms. The lowest BCUT2D eigenvalue weighted by Gasteiger charge is -2.11. The Morgan fingerprint density at radius 3 is 2.60 bits per heavy atom. The smallest absolute Gasteiger partial charge is 0.250 e. The minimum absolute atomic E-state index is 0.130. The summed E-state index contributed by atoms with van der Waals surface area (Å²) in [7, 11) is 1.63. The fourth-order valence-corrected chi connectivity index (χ4v) is 3.96. The predicted octanol–water partition coefficient (Wildman–Crippen LogP) is 5.14. The molecule has 0 aliphatic carbocycles. The molecule has 1 N–H and O–H groups in total. The number of ether oxygens (including phenoxy) is 1. The summed E-state index contributed by atoms with van der Waals surface area (Å²) in [5.74, 6) is 2.04. The van der Waals surface area contributed by atoms with Crippen LogP contribution in [0.5, 0.6) is 5.75 Å². The molecule has 4 rings (SSSR count). The number of rotatable bonds is 9. The molecule has 35 heavy (non-hydrogen) atoms. The number of benzene rings is 2. The summed E-state index contributed by atoms with van der Waals surface area (Å²) in [5.41, 5.74) is 6.34. The van der Waals surface area contributed by atoms with E-state index in [1.807, 2.05) is 85.2 Å². The summed E-state index contributed by atoms with van der Waals surface area (Å²) in [6, 6.07) is 19.4. The molecule has 0 radical (unpaired) electrons. The number of aromatic nitrogens is 3. The molecular weight excluding hydrogens is 462 g/mol. The number of hydrogen-bond donors (Lipinski definition) is 1. The molecule has 0 bridgehead atoms. The Labute approximate surface area is 207 Å². The Bertz CT molecular complexity index is 1320. The number of amides is 1. The number of hydrogen-bond acceptors (Lipinski definition) is 7. The van der Waals surface area contributed by atoms with Crippen molar-refractivity contribution < 1.29 is 13.9 Å². The van der Waals surface area contributed by atoms with Gasteiger partial charge in [0.1, 0.15) is 11.5 Å². The summed E-state index contributed by atoms with van der Waals surface area (Å²) in [6.45, 7) is 3.91. The second-order valence-electron chi connectivity index (χ2n) is 7.69. The summed E-state index contributed by atoms with van der Waals surface area (Å²) in [5, 5.41) is 13.4. The third kappa shape index (κ3) is 6.27. The van der Waals surface area contributed by atoms with Crippen LogP contribution in [-0.2, 0) is 4.79 Å². The second kappa shape index (κ2) is 11.3. The number of carbonyl (C=O) groups excluding carboxylic acids is 1. The Balaban J connectivity index is 1.48. The highest BCUT2D eigenvalue weighted by molar-refractivity contribution is 7.99. The number of nitrogens with one attached hydrogen (secondary N) is 1. The van der Waals surface area contributed by atoms with Crippen LogP contribution in [-0.4, -0.2) is 39.7 Å². The first-order chi connectivity index (χ1) is 17.0. The van der Waals surface area contributed by atoms with Crippen molar-refractivity contribution in [3.05, 3.63) is 83.8 Å². The highest BCUT2D eigenvalue weighted by Gasteiger charge is 2.17. The van der Waals surface area contributed by atoms with Crippen molar-refractivity contribution in [1.29, 1.82) is 0 Å². The number of nitrogens with zero attached hydrogens (tertiary/aromatic N) is 4. The number of thioether (sulfide) groups is 1. The monoisotopic (exact) mass is 487 g/mol. The maximum atomic E-state index is 12.4. The van der Waals surface area contributed by atoms with E-state index in [4.69, 9.17) is 9.15 Å². The van der Waals surface area contributed by atoms with Crippen molar-refractivity contribution >= 4 is 30.0 Å². The van der Waals surface area contributed by atoms with Gasteiger partial charge in [-0.05, 0) is 74.0 Å². The van der Waals surface area contributed by atoms with Crippen LogP contribution in [0, 0.1) is 6.92 Å². The molecule has 0 aliphatic heterocycles. The molecule has 0 spiro atoms. The molecule has 178 valence electrons. The topological polar surface area (TPSA) is 94.5 Å². The molecule has 0 saturated heterocycles. The van der Waals surface area contributed by atoms with Crippen molar-refractivity contribution in [2.75, 3.05) is 12.9 Å². The zero-order chi connectivity index (χ0) is 24.6. The molecule has 4 aromatic rings. The molecule has 2 aromatic heterocycles. The van der Waals surface area contributed by atoms with Crippen LogP contribution in [0.25, 0.3) is 23.2 Å². The van der Waals surface area contributed by atoms with E-state index in [1.54, 1.807) is 19.6 Å². The number of allylic oxidation sites excluding steroid dienone is 1. The van der Waals surface area contributed by atoms with Crippen molar-refractivity contribution in [3.63, 3.8) is 0 Å². The van der Waals surface area contributed by atoms with E-state index in [0.29, 0.717) is 11.0 Å². The lowest BCUT2D eigenvalue weighted by atomic mass is 10.2. The standard InChI is InChI=1S/C26H25N5O3S/c1-18-6-10-21(11-7-18)31-25(20-8-12-22(33-3)13-9-20)29-30-26(31)35-17-24(32)28-27-16-19(2)15-23-5-4-14-34-23/h4-16H,17H2,1-3H3,(H,28,32). The van der Waals surface area contributed by atoms with E-state index in [9.17, 15) is 4.79 Å². The van der Waals surface area contributed by atoms with Crippen molar-refractivity contribution in [3.8, 4) is 22.8 Å². The van der Waals surface area contributed by atoms with E-state index in [1.165, 1.54) is 11.8 Å². The van der Waals surface area contributed by atoms with Gasteiger partial charge in [-0.1, -0.05) is 29.5 Å². The van der Waals surface area contributed by atoms with E-state index < -0.39 is 0 Å². The highest BCUT2D eigenvalue weighted by Crippen LogP contribution is 2.29. The first-order valence-corrected chi connectivity index (χ1v) is 11.9. The highest BCUT2D eigenvalue weighted by atomic mass is 32.2. The van der Waals surface area contributed by atoms with E-state index >= 15 is 0 Å². The average Bonchev–Trinajstić information content (AvgIpc) is 3.53. The van der Waals surface area contributed by atoms with E-state index in [2.05, 4.69) is 20.7 Å². The van der Waals surface area contributed by atoms with E-state index in [0.717, 1.165) is 33.9 Å². The van der Waals surface area contributed by atoms with Crippen LogP contribution in [0.2, 0.25) is 0 Å². The molecule has 0 saturated carbocycles. The molecular formula is C26H25N5O3S. The van der Waals surface area contributed by atoms with Crippen molar-refractivity contribution in [1.82, 2.24) is 20.2 Å². The largest absolute Gasteiger partial charge is 0.497 e. The van der Waals surface area contributed by atoms with Gasteiger partial charge in [-0.25, -0.2) is 5.43 Å². The van der Waals surface area contributed by atoms with Gasteiger partial charge in [-0.2, -0.15) is 5.10 Å². The summed E-state index contributed by atoms with van der Waals surface area (Å²) >= 11 is 1.29. The molecule has 0 aliphatic rings. The average molecular weight is 488 g/mol. The summed E-state index contributed by atoms with van der Waals surface area (Å²) in [4.78, 5) is 12.4. The summed E-state index contributed by atoms with van der Waals surface area (Å²) < 4.78 is 12.5. The van der Waals surface area contributed by atoms with Gasteiger partial charge in [0.05, 0.1) is 25.3 Å². The molecule has 2 heterocycles. The van der Waals surface area contributed by atoms with Gasteiger partial charge in [-0.3, -0.25) is 9.36 Å². The number of hydrazone groups is 1. The fraction of sp³-hybridized carbons (Fsp3) is 0.154. The van der Waals surface area contributed by atoms with Gasteiger partial charge in [0.15, 0.2) is 11.0 Å². The molecule has 2 aromatic carbocycles. The van der Waals surface area contributed by atoms with E-state index in [-0.39, 0.29) is 11.7 Å². The van der Waals surface area contributed by atoms with Crippen LogP contribution in [0.15, 0.2) is 87.2 Å². The van der Waals surface area contributed by atoms with Gasteiger partial charge < -0.3 is 9.15 Å². The molecule has 0 unspecified atom stereocenters. The van der Waals surface area contributed by atoms with Gasteiger partial charge in [0.25, 0.3) is 5.91 Å². The number of methoxy groups -OCH3 is 1. The lowest BCUT2D eigenvalue weighted by molar-refractivity contribution is -0.118. The van der Waals surface area contributed by atoms with Gasteiger partial charge >= 0.3 is 0 Å². The third-order valence-electron chi connectivity index (χ3n) is 4.98. The van der Waals surface area contributed by atoms with Gasteiger partial charge in [0.2, 0.25) is 0 Å². The van der Waals surface area contributed by atoms with Crippen LogP contribution in [0.3, 0.4) is 0 Å². The first-order valence-electron chi connectivity index (χ1n) is 10.9. The summed E-state index contributed by atoms with van der Waals surface area (Å²) in [6.07, 6.45) is 5.00. The number of carbonyl (C=O) groups is 1. The minimum Gasteiger partial charge on any atom is -0.497 e. The zero-order valence-electron chi connectivity index (χ0n) is 19.6. The zero-order valence-corrected chi connectivity index (χ0v) is 20.5. The number of aryl methyl sites for hydroxylation is 1. The van der Waals surface area contributed by atoms with Crippen LogP contribution >= 0.6 is 11.8 Å². The third-order valence-corrected chi connectivity index (χ3v) is 5.91. The van der Waals surface area contributed by atoms with Crippen molar-refractivity contribution in [2.45, 2.75) is 19.0 Å². The Hall–Kier alpha value is -4.11. The van der Waals surface area contributed by atoms with Crippen LogP contribution in [0.1, 0.15) is 18.2 Å². The second-order valence-corrected chi connectivity index (χ2v) is 8.63. The van der Waals surface area contributed by atoms with Crippen molar-refractivity contribution in [2.24, 2.45) is 5.10 Å². The quantitative estimate of drug-likeness (QED) is 0.200. The normalized spacial score (nSPS) is 11.7. The SMILES string of the molecule is COc1ccc(-c2nnc(SCC(=O)NN=CC(C)=Cc3ccco3)n2-c2ccc(C)cc2)cc1. The van der Waals surface area contributed by atoms with Crippen LogP contribution < -0.4 is 10.2 Å².